The Morgan fingerprint density at radius 3 is 2.93 bits per heavy atom. The number of carbonyl (C=O) groups excluding carboxylic acids is 1. The van der Waals surface area contributed by atoms with Gasteiger partial charge in [0.2, 0.25) is 0 Å². The number of aliphatic hydroxyl groups is 1. The van der Waals surface area contributed by atoms with Gasteiger partial charge in [0.15, 0.2) is 0 Å². The summed E-state index contributed by atoms with van der Waals surface area (Å²) < 4.78 is 6.00. The zero-order valence-electron chi connectivity index (χ0n) is 15.3. The van der Waals surface area contributed by atoms with E-state index in [1.165, 1.54) is 0 Å². The van der Waals surface area contributed by atoms with Crippen LogP contribution in [0.15, 0.2) is 36.5 Å². The molecule has 1 aliphatic heterocycles. The van der Waals surface area contributed by atoms with Gasteiger partial charge in [-0.3, -0.25) is 14.9 Å². The molecule has 1 saturated heterocycles. The van der Waals surface area contributed by atoms with Crippen molar-refractivity contribution >= 4 is 16.8 Å². The number of hydrogen-bond acceptors (Lipinski definition) is 5. The topological polar surface area (TPSA) is 91.3 Å². The SMILES string of the molecule is Cc1n[nH]c(C)c1C(=O)N1CC[C@@H](Oc2ccc3cccnc3c2)[C@H](O)C1. The number of ether oxygens (including phenoxy) is 1. The first-order chi connectivity index (χ1) is 13.0. The Hall–Kier alpha value is -2.93. The minimum Gasteiger partial charge on any atom is -0.488 e. The van der Waals surface area contributed by atoms with Crippen LogP contribution in [-0.4, -0.2) is 56.4 Å². The Morgan fingerprint density at radius 1 is 1.33 bits per heavy atom. The van der Waals surface area contributed by atoms with Crippen molar-refractivity contribution < 1.29 is 14.6 Å². The molecule has 0 spiro atoms. The molecule has 0 bridgehead atoms. The van der Waals surface area contributed by atoms with Gasteiger partial charge in [-0.2, -0.15) is 5.10 Å². The number of aromatic nitrogens is 3. The first kappa shape index (κ1) is 17.5. The van der Waals surface area contributed by atoms with Crippen molar-refractivity contribution in [3.63, 3.8) is 0 Å². The third-order valence-corrected chi connectivity index (χ3v) is 5.01. The lowest BCUT2D eigenvalue weighted by Crippen LogP contribution is -2.51. The molecule has 3 aromatic rings. The summed E-state index contributed by atoms with van der Waals surface area (Å²) in [6, 6.07) is 9.59. The highest BCUT2D eigenvalue weighted by Gasteiger charge is 2.33. The van der Waals surface area contributed by atoms with Gasteiger partial charge in [0.05, 0.1) is 23.3 Å². The van der Waals surface area contributed by atoms with Crippen LogP contribution in [0.5, 0.6) is 5.75 Å². The van der Waals surface area contributed by atoms with Gasteiger partial charge in [-0.1, -0.05) is 6.07 Å². The number of carbonyl (C=O) groups is 1. The predicted molar refractivity (Wildman–Crippen MR) is 101 cm³/mol. The van der Waals surface area contributed by atoms with Gasteiger partial charge in [-0.05, 0) is 32.0 Å². The average molecular weight is 366 g/mol. The van der Waals surface area contributed by atoms with Crippen molar-refractivity contribution in [3.05, 3.63) is 53.5 Å². The molecular weight excluding hydrogens is 344 g/mol. The van der Waals surface area contributed by atoms with E-state index in [1.807, 2.05) is 37.3 Å². The summed E-state index contributed by atoms with van der Waals surface area (Å²) in [4.78, 5) is 18.8. The van der Waals surface area contributed by atoms with Crippen LogP contribution >= 0.6 is 0 Å². The van der Waals surface area contributed by atoms with Crippen molar-refractivity contribution in [3.8, 4) is 5.75 Å². The van der Waals surface area contributed by atoms with Crippen molar-refractivity contribution in [2.24, 2.45) is 0 Å². The van der Waals surface area contributed by atoms with Crippen LogP contribution in [-0.2, 0) is 0 Å². The Kier molecular flexibility index (Phi) is 4.53. The predicted octanol–water partition coefficient (Wildman–Crippen LogP) is 2.23. The maximum absolute atomic E-state index is 12.8. The van der Waals surface area contributed by atoms with Crippen molar-refractivity contribution in [1.29, 1.82) is 0 Å². The second kappa shape index (κ2) is 7.00. The van der Waals surface area contributed by atoms with Crippen LogP contribution < -0.4 is 4.74 Å². The fraction of sp³-hybridized carbons (Fsp3) is 0.350. The number of piperidine rings is 1. The summed E-state index contributed by atoms with van der Waals surface area (Å²) in [7, 11) is 0. The second-order valence-electron chi connectivity index (χ2n) is 6.93. The molecule has 140 valence electrons. The number of benzene rings is 1. The largest absolute Gasteiger partial charge is 0.488 e. The minimum atomic E-state index is -0.755. The summed E-state index contributed by atoms with van der Waals surface area (Å²) in [6.45, 7) is 4.39. The fourth-order valence-electron chi connectivity index (χ4n) is 3.55. The Balaban J connectivity index is 1.44. The third kappa shape index (κ3) is 3.38. The number of nitrogens with one attached hydrogen (secondary N) is 1. The molecule has 27 heavy (non-hydrogen) atoms. The number of β-amino-alcohol motifs (C(OH)–C–C–N with tert-alkyl or cyclic N) is 1. The molecule has 0 saturated carbocycles. The maximum atomic E-state index is 12.8. The number of aromatic amines is 1. The molecule has 2 N–H and O–H groups in total. The van der Waals surface area contributed by atoms with E-state index in [2.05, 4.69) is 15.2 Å². The highest BCUT2D eigenvalue weighted by atomic mass is 16.5. The number of aliphatic hydroxyl groups excluding tert-OH is 1. The molecule has 1 fully saturated rings. The maximum Gasteiger partial charge on any atom is 0.257 e. The van der Waals surface area contributed by atoms with Crippen LogP contribution in [0, 0.1) is 13.8 Å². The number of nitrogens with zero attached hydrogens (tertiary/aromatic N) is 3. The highest BCUT2D eigenvalue weighted by Crippen LogP contribution is 2.24. The Bertz CT molecular complexity index is 965. The first-order valence-corrected chi connectivity index (χ1v) is 9.03. The van der Waals surface area contributed by atoms with Gasteiger partial charge in [0, 0.05) is 36.3 Å². The van der Waals surface area contributed by atoms with Crippen molar-refractivity contribution in [1.82, 2.24) is 20.1 Å². The van der Waals surface area contributed by atoms with E-state index < -0.39 is 6.10 Å². The molecular formula is C20H22N4O3. The van der Waals surface area contributed by atoms with E-state index >= 15 is 0 Å². The lowest BCUT2D eigenvalue weighted by atomic mass is 10.0. The molecule has 0 aliphatic carbocycles. The Morgan fingerprint density at radius 2 is 2.19 bits per heavy atom. The lowest BCUT2D eigenvalue weighted by Gasteiger charge is -2.36. The fourth-order valence-corrected chi connectivity index (χ4v) is 3.55. The van der Waals surface area contributed by atoms with Gasteiger partial charge in [0.25, 0.3) is 5.91 Å². The molecule has 4 rings (SSSR count). The van der Waals surface area contributed by atoms with Gasteiger partial charge >= 0.3 is 0 Å². The summed E-state index contributed by atoms with van der Waals surface area (Å²) >= 11 is 0. The van der Waals surface area contributed by atoms with Crippen LogP contribution in [0.2, 0.25) is 0 Å². The van der Waals surface area contributed by atoms with E-state index in [-0.39, 0.29) is 18.6 Å². The second-order valence-corrected chi connectivity index (χ2v) is 6.93. The summed E-state index contributed by atoms with van der Waals surface area (Å²) in [6.07, 6.45) is 1.19. The van der Waals surface area contributed by atoms with Gasteiger partial charge in [0.1, 0.15) is 18.0 Å². The minimum absolute atomic E-state index is 0.105. The molecule has 2 atom stereocenters. The number of H-pyrrole nitrogens is 1. The number of rotatable bonds is 3. The van der Waals surface area contributed by atoms with Gasteiger partial charge < -0.3 is 14.7 Å². The molecule has 1 aromatic carbocycles. The molecule has 1 aliphatic rings. The zero-order valence-corrected chi connectivity index (χ0v) is 15.3. The summed E-state index contributed by atoms with van der Waals surface area (Å²) in [5.41, 5.74) is 2.85. The summed E-state index contributed by atoms with van der Waals surface area (Å²) in [5.74, 6) is 0.567. The number of amides is 1. The molecule has 7 heteroatoms. The quantitative estimate of drug-likeness (QED) is 0.742. The number of aryl methyl sites for hydroxylation is 2. The molecule has 7 nitrogen and oxygen atoms in total. The number of likely N-dealkylation sites (tertiary alicyclic amines) is 1. The van der Waals surface area contributed by atoms with E-state index in [1.54, 1.807) is 18.0 Å². The number of fused-ring (bicyclic) bond motifs is 1. The van der Waals surface area contributed by atoms with E-state index in [0.29, 0.717) is 30.0 Å². The standard InChI is InChI=1S/C20H22N4O3/c1-12-19(13(2)23-22-12)20(26)24-9-7-18(17(25)11-24)27-15-6-5-14-4-3-8-21-16(14)10-15/h3-6,8,10,17-18,25H,7,9,11H2,1-2H3,(H,22,23)/t17-,18-/m1/s1. The first-order valence-electron chi connectivity index (χ1n) is 9.03. The van der Waals surface area contributed by atoms with Crippen LogP contribution in [0.25, 0.3) is 10.9 Å². The Labute approximate surface area is 157 Å². The number of hydrogen-bond donors (Lipinski definition) is 2. The normalized spacial score (nSPS) is 20.0. The monoisotopic (exact) mass is 366 g/mol. The van der Waals surface area contributed by atoms with E-state index in [4.69, 9.17) is 4.74 Å². The van der Waals surface area contributed by atoms with E-state index in [0.717, 1.165) is 16.6 Å². The molecule has 2 aromatic heterocycles. The molecule has 0 unspecified atom stereocenters. The van der Waals surface area contributed by atoms with Crippen molar-refractivity contribution in [2.75, 3.05) is 13.1 Å². The smallest absolute Gasteiger partial charge is 0.257 e. The third-order valence-electron chi connectivity index (χ3n) is 5.01. The van der Waals surface area contributed by atoms with Gasteiger partial charge in [-0.25, -0.2) is 0 Å². The zero-order chi connectivity index (χ0) is 19.0. The summed E-state index contributed by atoms with van der Waals surface area (Å²) in [5, 5.41) is 18.5. The highest BCUT2D eigenvalue weighted by molar-refractivity contribution is 5.96. The molecule has 3 heterocycles. The van der Waals surface area contributed by atoms with Gasteiger partial charge in [-0.15, -0.1) is 0 Å². The molecule has 0 radical (unpaired) electrons. The van der Waals surface area contributed by atoms with E-state index in [9.17, 15) is 9.90 Å². The average Bonchev–Trinajstić information content (AvgIpc) is 3.01. The van der Waals surface area contributed by atoms with Crippen molar-refractivity contribution in [2.45, 2.75) is 32.5 Å². The lowest BCUT2D eigenvalue weighted by molar-refractivity contribution is -0.0198. The van der Waals surface area contributed by atoms with Crippen LogP contribution in [0.1, 0.15) is 28.2 Å². The number of pyridine rings is 1. The van der Waals surface area contributed by atoms with Crippen LogP contribution in [0.3, 0.4) is 0 Å². The van der Waals surface area contributed by atoms with Crippen LogP contribution in [0.4, 0.5) is 0 Å². The molecule has 1 amide bonds.